The predicted octanol–water partition coefficient (Wildman–Crippen LogP) is 3.64. The fourth-order valence-electron chi connectivity index (χ4n) is 4.06. The highest BCUT2D eigenvalue weighted by atomic mass is 19.1. The summed E-state index contributed by atoms with van der Waals surface area (Å²) in [6.07, 6.45) is 0.729. The Bertz CT molecular complexity index is 796. The van der Waals surface area contributed by atoms with E-state index in [-0.39, 0.29) is 11.9 Å². The van der Waals surface area contributed by atoms with Crippen molar-refractivity contribution in [2.75, 3.05) is 55.3 Å². The summed E-state index contributed by atoms with van der Waals surface area (Å²) >= 11 is 0. The summed E-state index contributed by atoms with van der Waals surface area (Å²) in [4.78, 5) is 4.82. The van der Waals surface area contributed by atoms with E-state index in [0.717, 1.165) is 56.0 Å². The number of likely N-dealkylation sites (N-methyl/N-ethyl adjacent to an activating group) is 1. The molecule has 2 aliphatic rings. The summed E-state index contributed by atoms with van der Waals surface area (Å²) in [7, 11) is 2.18. The molecule has 0 aliphatic carbocycles. The number of hydrogen-bond acceptors (Lipinski definition) is 4. The molecule has 4 nitrogen and oxygen atoms in total. The van der Waals surface area contributed by atoms with Gasteiger partial charge in [0.15, 0.2) is 0 Å². The van der Waals surface area contributed by atoms with Crippen molar-refractivity contribution >= 4 is 17.1 Å². The summed E-state index contributed by atoms with van der Waals surface area (Å²) in [6, 6.07) is 10.3. The van der Waals surface area contributed by atoms with Gasteiger partial charge < -0.3 is 20.4 Å². The average molecular weight is 369 g/mol. The van der Waals surface area contributed by atoms with E-state index in [1.165, 1.54) is 16.9 Å². The van der Waals surface area contributed by atoms with E-state index in [9.17, 15) is 4.39 Å². The number of rotatable bonds is 4. The van der Waals surface area contributed by atoms with Gasteiger partial charge in [-0.2, -0.15) is 0 Å². The van der Waals surface area contributed by atoms with Crippen molar-refractivity contribution in [1.82, 2.24) is 4.90 Å². The van der Waals surface area contributed by atoms with Crippen molar-refractivity contribution in [3.05, 3.63) is 52.8 Å². The predicted molar refractivity (Wildman–Crippen MR) is 112 cm³/mol. The molecule has 0 spiro atoms. The highest BCUT2D eigenvalue weighted by molar-refractivity contribution is 5.65. The van der Waals surface area contributed by atoms with Gasteiger partial charge in [-0.3, -0.25) is 0 Å². The lowest BCUT2D eigenvalue weighted by molar-refractivity contribution is 0.313. The van der Waals surface area contributed by atoms with Crippen LogP contribution in [0.3, 0.4) is 0 Å². The van der Waals surface area contributed by atoms with Crippen LogP contribution in [0, 0.1) is 19.7 Å². The van der Waals surface area contributed by atoms with Gasteiger partial charge in [0.2, 0.25) is 0 Å². The van der Waals surface area contributed by atoms with Crippen LogP contribution >= 0.6 is 0 Å². The van der Waals surface area contributed by atoms with Crippen molar-refractivity contribution in [3.63, 3.8) is 0 Å². The van der Waals surface area contributed by atoms with E-state index >= 15 is 0 Å². The van der Waals surface area contributed by atoms with Crippen molar-refractivity contribution in [1.29, 1.82) is 0 Å². The molecule has 27 heavy (non-hydrogen) atoms. The molecule has 0 aromatic heterocycles. The van der Waals surface area contributed by atoms with E-state index in [0.29, 0.717) is 0 Å². The minimum absolute atomic E-state index is 0.0983. The van der Waals surface area contributed by atoms with Crippen molar-refractivity contribution < 1.29 is 4.39 Å². The third-order valence-corrected chi connectivity index (χ3v) is 5.89. The maximum atomic E-state index is 14.1. The molecule has 4 rings (SSSR count). The van der Waals surface area contributed by atoms with Gasteiger partial charge in [-0.15, -0.1) is 0 Å². The minimum Gasteiger partial charge on any atom is -0.383 e. The van der Waals surface area contributed by atoms with E-state index in [1.54, 1.807) is 6.07 Å². The van der Waals surface area contributed by atoms with Crippen LogP contribution < -0.4 is 15.5 Å². The largest absolute Gasteiger partial charge is 0.383 e. The summed E-state index contributed by atoms with van der Waals surface area (Å²) in [5, 5.41) is 7.09. The first kappa shape index (κ1) is 18.1. The first-order chi connectivity index (χ1) is 13.0. The van der Waals surface area contributed by atoms with Gasteiger partial charge in [0.25, 0.3) is 0 Å². The molecule has 2 aromatic rings. The molecule has 2 aliphatic heterocycles. The van der Waals surface area contributed by atoms with Gasteiger partial charge in [-0.25, -0.2) is 4.39 Å². The van der Waals surface area contributed by atoms with Gasteiger partial charge in [0.1, 0.15) is 5.82 Å². The smallest absolute Gasteiger partial charge is 0.128 e. The molecule has 2 N–H and O–H groups in total. The Morgan fingerprint density at radius 2 is 1.81 bits per heavy atom. The Labute approximate surface area is 161 Å². The summed E-state index contributed by atoms with van der Waals surface area (Å²) < 4.78 is 14.1. The molecule has 1 saturated heterocycles. The Hall–Kier alpha value is -2.27. The highest BCUT2D eigenvalue weighted by Crippen LogP contribution is 2.32. The van der Waals surface area contributed by atoms with E-state index in [4.69, 9.17) is 0 Å². The average Bonchev–Trinajstić information content (AvgIpc) is 3.11. The molecule has 0 radical (unpaired) electrons. The van der Waals surface area contributed by atoms with E-state index in [1.807, 2.05) is 13.0 Å². The monoisotopic (exact) mass is 368 g/mol. The van der Waals surface area contributed by atoms with Gasteiger partial charge in [0.05, 0.1) is 0 Å². The number of hydrogen-bond donors (Lipinski definition) is 2. The van der Waals surface area contributed by atoms with Gasteiger partial charge >= 0.3 is 0 Å². The second kappa shape index (κ2) is 7.39. The number of nitrogens with zero attached hydrogens (tertiary/aromatic N) is 2. The summed E-state index contributed by atoms with van der Waals surface area (Å²) in [5.74, 6) is -0.0983. The number of nitrogens with one attached hydrogen (secondary N) is 2. The molecular formula is C22H29FN4. The zero-order valence-corrected chi connectivity index (χ0v) is 16.5. The van der Waals surface area contributed by atoms with Crippen molar-refractivity contribution in [3.8, 4) is 0 Å². The third kappa shape index (κ3) is 3.74. The number of benzene rings is 2. The van der Waals surface area contributed by atoms with Crippen LogP contribution in [0.1, 0.15) is 16.7 Å². The molecule has 144 valence electrons. The van der Waals surface area contributed by atoms with Crippen molar-refractivity contribution in [2.45, 2.75) is 26.3 Å². The molecule has 1 fully saturated rings. The number of fused-ring (bicyclic) bond motifs is 1. The lowest BCUT2D eigenvalue weighted by Gasteiger charge is -2.34. The van der Waals surface area contributed by atoms with Crippen molar-refractivity contribution in [2.24, 2.45) is 0 Å². The number of aryl methyl sites for hydroxylation is 2. The summed E-state index contributed by atoms with van der Waals surface area (Å²) in [5.41, 5.74) is 6.60. The van der Waals surface area contributed by atoms with Gasteiger partial charge in [-0.05, 0) is 56.6 Å². The van der Waals surface area contributed by atoms with Crippen LogP contribution in [0.4, 0.5) is 21.5 Å². The molecule has 2 heterocycles. The maximum absolute atomic E-state index is 14.1. The van der Waals surface area contributed by atoms with Gasteiger partial charge in [0, 0.05) is 61.4 Å². The van der Waals surface area contributed by atoms with Crippen LogP contribution in [0.5, 0.6) is 0 Å². The topological polar surface area (TPSA) is 30.5 Å². The molecule has 2 aromatic carbocycles. The zero-order valence-electron chi connectivity index (χ0n) is 16.5. The Balaban J connectivity index is 1.42. The number of anilines is 3. The van der Waals surface area contributed by atoms with E-state index < -0.39 is 0 Å². The first-order valence-electron chi connectivity index (χ1n) is 9.84. The number of halogens is 1. The quantitative estimate of drug-likeness (QED) is 0.863. The summed E-state index contributed by atoms with van der Waals surface area (Å²) in [6.45, 7) is 9.29. The fourth-order valence-corrected chi connectivity index (χ4v) is 4.06. The minimum atomic E-state index is -0.0983. The lowest BCUT2D eigenvalue weighted by atomic mass is 10.1. The van der Waals surface area contributed by atoms with Crippen LogP contribution in [-0.2, 0) is 6.42 Å². The van der Waals surface area contributed by atoms with Crippen LogP contribution in [-0.4, -0.2) is 50.7 Å². The Kier molecular flexibility index (Phi) is 4.96. The van der Waals surface area contributed by atoms with Gasteiger partial charge in [-0.1, -0.05) is 12.1 Å². The maximum Gasteiger partial charge on any atom is 0.128 e. The fraction of sp³-hybridized carbons (Fsp3) is 0.455. The normalized spacial score (nSPS) is 19.7. The second-order valence-electron chi connectivity index (χ2n) is 7.93. The molecule has 5 heteroatoms. The zero-order chi connectivity index (χ0) is 19.0. The molecule has 0 amide bonds. The SMILES string of the molecule is Cc1ccc(N2CCN(C)CC2)cc1NCC1Cc2c(F)ccc(C)c2N1. The first-order valence-corrected chi connectivity index (χ1v) is 9.84. The Morgan fingerprint density at radius 1 is 1.07 bits per heavy atom. The number of piperazine rings is 1. The molecular weight excluding hydrogens is 339 g/mol. The van der Waals surface area contributed by atoms with Crippen LogP contribution in [0.2, 0.25) is 0 Å². The molecule has 1 unspecified atom stereocenters. The molecule has 1 atom stereocenters. The standard InChI is InChI=1S/C22H29FN4/c1-15-4-6-18(27-10-8-26(3)9-11-27)13-21(15)24-14-17-12-19-20(23)7-5-16(2)22(19)25-17/h4-7,13,17,24-25H,8-12,14H2,1-3H3. The van der Waals surface area contributed by atoms with Crippen LogP contribution in [0.25, 0.3) is 0 Å². The molecule has 0 bridgehead atoms. The van der Waals surface area contributed by atoms with Crippen LogP contribution in [0.15, 0.2) is 30.3 Å². The second-order valence-corrected chi connectivity index (χ2v) is 7.93. The highest BCUT2D eigenvalue weighted by Gasteiger charge is 2.25. The Morgan fingerprint density at radius 3 is 2.56 bits per heavy atom. The molecule has 0 saturated carbocycles. The lowest BCUT2D eigenvalue weighted by Crippen LogP contribution is -2.44. The van der Waals surface area contributed by atoms with E-state index in [2.05, 4.69) is 52.6 Å². The third-order valence-electron chi connectivity index (χ3n) is 5.89.